The first-order chi connectivity index (χ1) is 14.0. The van der Waals surface area contributed by atoms with Crippen molar-refractivity contribution in [1.82, 2.24) is 15.2 Å². The van der Waals surface area contributed by atoms with E-state index in [4.69, 9.17) is 14.2 Å². The normalized spacial score (nSPS) is 15.2. The predicted molar refractivity (Wildman–Crippen MR) is 113 cm³/mol. The maximum atomic E-state index is 12.6. The predicted octanol–water partition coefficient (Wildman–Crippen LogP) is 3.01. The van der Waals surface area contributed by atoms with Crippen LogP contribution in [0.25, 0.3) is 0 Å². The van der Waals surface area contributed by atoms with E-state index in [1.807, 2.05) is 19.1 Å². The molecule has 0 radical (unpaired) electrons. The molecule has 1 aliphatic rings. The van der Waals surface area contributed by atoms with Crippen LogP contribution in [0, 0.1) is 12.8 Å². The number of amides is 1. The number of aryl methyl sites for hydroxylation is 1. The van der Waals surface area contributed by atoms with Crippen molar-refractivity contribution in [2.75, 3.05) is 34.4 Å². The number of hydrogen-bond donors (Lipinski definition) is 1. The summed E-state index contributed by atoms with van der Waals surface area (Å²) in [4.78, 5) is 19.5. The van der Waals surface area contributed by atoms with Crippen LogP contribution in [-0.2, 0) is 17.9 Å². The van der Waals surface area contributed by atoms with Gasteiger partial charge < -0.3 is 19.5 Å². The molecule has 1 aliphatic heterocycles. The van der Waals surface area contributed by atoms with Gasteiger partial charge in [0, 0.05) is 24.4 Å². The molecule has 1 N–H and O–H groups in total. The molecule has 0 atom stereocenters. The lowest BCUT2D eigenvalue weighted by molar-refractivity contribution is -0.126. The number of piperidine rings is 1. The maximum absolute atomic E-state index is 12.6. The van der Waals surface area contributed by atoms with Crippen molar-refractivity contribution < 1.29 is 19.0 Å². The maximum Gasteiger partial charge on any atom is 0.223 e. The highest BCUT2D eigenvalue weighted by molar-refractivity contribution is 7.09. The van der Waals surface area contributed by atoms with Crippen molar-refractivity contribution in [2.45, 2.75) is 32.9 Å². The van der Waals surface area contributed by atoms with Crippen molar-refractivity contribution in [1.29, 1.82) is 0 Å². The van der Waals surface area contributed by atoms with Gasteiger partial charge in [-0.05, 0) is 50.6 Å². The fraction of sp³-hybridized carbons (Fsp3) is 0.524. The van der Waals surface area contributed by atoms with Crippen molar-refractivity contribution in [3.05, 3.63) is 33.8 Å². The molecule has 1 amide bonds. The van der Waals surface area contributed by atoms with Gasteiger partial charge in [-0.1, -0.05) is 0 Å². The SMILES string of the molecule is COc1cc(CNC(=O)C2CCN(Cc3csc(C)n3)CC2)cc(OC)c1OC. The molecule has 7 nitrogen and oxygen atoms in total. The summed E-state index contributed by atoms with van der Waals surface area (Å²) in [6, 6.07) is 3.72. The third-order valence-corrected chi connectivity index (χ3v) is 6.02. The topological polar surface area (TPSA) is 72.9 Å². The van der Waals surface area contributed by atoms with Crippen LogP contribution in [0.1, 0.15) is 29.1 Å². The van der Waals surface area contributed by atoms with E-state index in [1.54, 1.807) is 32.7 Å². The summed E-state index contributed by atoms with van der Waals surface area (Å²) in [5, 5.41) is 6.27. The van der Waals surface area contributed by atoms with Gasteiger partial charge in [-0.15, -0.1) is 11.3 Å². The van der Waals surface area contributed by atoms with E-state index < -0.39 is 0 Å². The van der Waals surface area contributed by atoms with Gasteiger partial charge in [-0.3, -0.25) is 9.69 Å². The van der Waals surface area contributed by atoms with Crippen molar-refractivity contribution in [2.24, 2.45) is 5.92 Å². The van der Waals surface area contributed by atoms with Gasteiger partial charge in [-0.25, -0.2) is 4.98 Å². The molecule has 0 bridgehead atoms. The Bertz CT molecular complexity index is 806. The minimum Gasteiger partial charge on any atom is -0.493 e. The van der Waals surface area contributed by atoms with Gasteiger partial charge >= 0.3 is 0 Å². The Morgan fingerprint density at radius 1 is 1.17 bits per heavy atom. The Morgan fingerprint density at radius 2 is 1.83 bits per heavy atom. The number of hydrogen-bond acceptors (Lipinski definition) is 7. The van der Waals surface area contributed by atoms with Gasteiger partial charge in [0.25, 0.3) is 0 Å². The standard InChI is InChI=1S/C21H29N3O4S/c1-14-23-17(13-29-14)12-24-7-5-16(6-8-24)21(25)22-11-15-9-18(26-2)20(28-4)19(10-15)27-3/h9-10,13,16H,5-8,11-12H2,1-4H3,(H,22,25). The minimum atomic E-state index is 0.0467. The van der Waals surface area contributed by atoms with Crippen molar-refractivity contribution in [3.63, 3.8) is 0 Å². The number of benzene rings is 1. The Balaban J connectivity index is 1.51. The number of aromatic nitrogens is 1. The minimum absolute atomic E-state index is 0.0467. The average Bonchev–Trinajstić information content (AvgIpc) is 3.16. The molecule has 8 heteroatoms. The van der Waals surface area contributed by atoms with Crippen LogP contribution in [0.4, 0.5) is 0 Å². The summed E-state index contributed by atoms with van der Waals surface area (Å²) >= 11 is 1.68. The number of carbonyl (C=O) groups is 1. The van der Waals surface area contributed by atoms with Crippen molar-refractivity contribution in [3.8, 4) is 17.2 Å². The van der Waals surface area contributed by atoms with Crippen LogP contribution in [0.2, 0.25) is 0 Å². The number of thiazole rings is 1. The second kappa shape index (κ2) is 9.93. The zero-order valence-corrected chi connectivity index (χ0v) is 18.3. The first-order valence-corrected chi connectivity index (χ1v) is 10.6. The van der Waals surface area contributed by atoms with Gasteiger partial charge in [0.05, 0.1) is 32.0 Å². The van der Waals surface area contributed by atoms with E-state index in [2.05, 4.69) is 20.6 Å². The largest absolute Gasteiger partial charge is 0.493 e. The molecule has 0 unspecified atom stereocenters. The molecule has 2 heterocycles. The number of carbonyl (C=O) groups excluding carboxylic acids is 1. The Kier molecular flexibility index (Phi) is 7.33. The van der Waals surface area contributed by atoms with Crippen LogP contribution in [-0.4, -0.2) is 50.2 Å². The van der Waals surface area contributed by atoms with Crippen LogP contribution in [0.3, 0.4) is 0 Å². The van der Waals surface area contributed by atoms with E-state index in [0.29, 0.717) is 23.8 Å². The smallest absolute Gasteiger partial charge is 0.223 e. The molecule has 158 valence electrons. The summed E-state index contributed by atoms with van der Waals surface area (Å²) in [6.45, 7) is 5.15. The van der Waals surface area contributed by atoms with E-state index in [1.165, 1.54) is 0 Å². The number of rotatable bonds is 8. The molecule has 2 aromatic rings. The van der Waals surface area contributed by atoms with Gasteiger partial charge in [0.1, 0.15) is 0 Å². The van der Waals surface area contributed by atoms with E-state index in [0.717, 1.165) is 48.7 Å². The van der Waals surface area contributed by atoms with Crippen molar-refractivity contribution >= 4 is 17.2 Å². The summed E-state index contributed by atoms with van der Waals surface area (Å²) in [5.41, 5.74) is 2.03. The Labute approximate surface area is 176 Å². The average molecular weight is 420 g/mol. The summed E-state index contributed by atoms with van der Waals surface area (Å²) in [7, 11) is 4.74. The second-order valence-corrected chi connectivity index (χ2v) is 8.22. The number of methoxy groups -OCH3 is 3. The fourth-order valence-electron chi connectivity index (χ4n) is 3.63. The first-order valence-electron chi connectivity index (χ1n) is 9.74. The third kappa shape index (κ3) is 5.39. The Hall–Kier alpha value is -2.32. The van der Waals surface area contributed by atoms with Gasteiger partial charge in [0.2, 0.25) is 11.7 Å². The van der Waals surface area contributed by atoms with Gasteiger partial charge in [-0.2, -0.15) is 0 Å². The fourth-order valence-corrected chi connectivity index (χ4v) is 4.24. The monoisotopic (exact) mass is 419 g/mol. The van der Waals surface area contributed by atoms with Crippen LogP contribution in [0.5, 0.6) is 17.2 Å². The number of nitrogens with zero attached hydrogens (tertiary/aromatic N) is 2. The highest BCUT2D eigenvalue weighted by Crippen LogP contribution is 2.38. The summed E-state index contributed by atoms with van der Waals surface area (Å²) in [5.74, 6) is 1.87. The molecular weight excluding hydrogens is 390 g/mol. The lowest BCUT2D eigenvalue weighted by Gasteiger charge is -2.30. The highest BCUT2D eigenvalue weighted by Gasteiger charge is 2.25. The summed E-state index contributed by atoms with van der Waals surface area (Å²) < 4.78 is 16.1. The number of ether oxygens (including phenoxy) is 3. The Morgan fingerprint density at radius 3 is 2.34 bits per heavy atom. The van der Waals surface area contributed by atoms with E-state index in [9.17, 15) is 4.79 Å². The summed E-state index contributed by atoms with van der Waals surface area (Å²) in [6.07, 6.45) is 1.73. The quantitative estimate of drug-likeness (QED) is 0.709. The molecule has 1 aromatic heterocycles. The molecule has 29 heavy (non-hydrogen) atoms. The van der Waals surface area contributed by atoms with Crippen LogP contribution >= 0.6 is 11.3 Å². The molecule has 1 aromatic carbocycles. The molecule has 1 fully saturated rings. The molecule has 3 rings (SSSR count). The zero-order chi connectivity index (χ0) is 20.8. The number of nitrogens with one attached hydrogen (secondary N) is 1. The van der Waals surface area contributed by atoms with Gasteiger partial charge in [0.15, 0.2) is 11.5 Å². The van der Waals surface area contributed by atoms with E-state index >= 15 is 0 Å². The first kappa shape index (κ1) is 21.4. The molecule has 0 saturated carbocycles. The lowest BCUT2D eigenvalue weighted by atomic mass is 9.95. The molecular formula is C21H29N3O4S. The third-order valence-electron chi connectivity index (χ3n) is 5.20. The van der Waals surface area contributed by atoms with E-state index in [-0.39, 0.29) is 11.8 Å². The second-order valence-electron chi connectivity index (χ2n) is 7.16. The molecule has 0 spiro atoms. The lowest BCUT2D eigenvalue weighted by Crippen LogP contribution is -2.40. The number of likely N-dealkylation sites (tertiary alicyclic amines) is 1. The van der Waals surface area contributed by atoms with Crippen LogP contribution < -0.4 is 19.5 Å². The molecule has 0 aliphatic carbocycles. The zero-order valence-electron chi connectivity index (χ0n) is 17.5. The molecule has 1 saturated heterocycles. The van der Waals surface area contributed by atoms with Crippen LogP contribution in [0.15, 0.2) is 17.5 Å². The highest BCUT2D eigenvalue weighted by atomic mass is 32.1.